The number of rotatable bonds is 4. The summed E-state index contributed by atoms with van der Waals surface area (Å²) in [5, 5.41) is 3.38. The van der Waals surface area contributed by atoms with Gasteiger partial charge in [-0.1, -0.05) is 27.7 Å². The molecule has 112 valence electrons. The molecule has 0 bridgehead atoms. The van der Waals surface area contributed by atoms with Crippen molar-refractivity contribution >= 4 is 11.6 Å². The predicted molar refractivity (Wildman–Crippen MR) is 85.5 cm³/mol. The van der Waals surface area contributed by atoms with E-state index in [-0.39, 0.29) is 0 Å². The molecule has 4 heteroatoms. The van der Waals surface area contributed by atoms with Gasteiger partial charge in [-0.25, -0.2) is 9.97 Å². The van der Waals surface area contributed by atoms with Crippen LogP contribution in [0.5, 0.6) is 0 Å². The molecule has 1 aromatic rings. The summed E-state index contributed by atoms with van der Waals surface area (Å²) in [6, 6.07) is 0. The number of hydrogen-bond acceptors (Lipinski definition) is 4. The summed E-state index contributed by atoms with van der Waals surface area (Å²) < 4.78 is 0. The monoisotopic (exact) mass is 276 g/mol. The molecule has 0 spiro atoms. The van der Waals surface area contributed by atoms with Crippen LogP contribution in [0.15, 0.2) is 6.33 Å². The van der Waals surface area contributed by atoms with Crippen molar-refractivity contribution in [1.29, 1.82) is 0 Å². The molecule has 0 unspecified atom stereocenters. The minimum absolute atomic E-state index is 0.426. The highest BCUT2D eigenvalue weighted by Crippen LogP contribution is 2.36. The Labute approximate surface area is 123 Å². The molecular formula is C16H28N4. The van der Waals surface area contributed by atoms with Gasteiger partial charge < -0.3 is 10.2 Å². The quantitative estimate of drug-likeness (QED) is 0.911. The van der Waals surface area contributed by atoms with E-state index in [1.807, 2.05) is 0 Å². The Kier molecular flexibility index (Phi) is 4.51. The van der Waals surface area contributed by atoms with E-state index < -0.39 is 0 Å². The van der Waals surface area contributed by atoms with Crippen molar-refractivity contribution in [3.63, 3.8) is 0 Å². The number of anilines is 2. The van der Waals surface area contributed by atoms with Gasteiger partial charge in [0.2, 0.25) is 0 Å². The summed E-state index contributed by atoms with van der Waals surface area (Å²) in [7, 11) is 0. The van der Waals surface area contributed by atoms with Gasteiger partial charge in [0, 0.05) is 25.2 Å². The van der Waals surface area contributed by atoms with Crippen molar-refractivity contribution in [2.75, 3.05) is 29.9 Å². The third kappa shape index (κ3) is 3.22. The summed E-state index contributed by atoms with van der Waals surface area (Å²) in [5.74, 6) is 2.55. The van der Waals surface area contributed by atoms with Gasteiger partial charge in [-0.2, -0.15) is 0 Å². The molecule has 20 heavy (non-hydrogen) atoms. The number of nitrogens with zero attached hydrogens (tertiary/aromatic N) is 3. The molecule has 1 aromatic heterocycles. The Balaban J connectivity index is 2.29. The van der Waals surface area contributed by atoms with Crippen LogP contribution in [0.4, 0.5) is 11.6 Å². The summed E-state index contributed by atoms with van der Waals surface area (Å²) in [5.41, 5.74) is 1.72. The SMILES string of the molecule is CCNc1ncnc(N2CCC(C)(C)CC2)c1C(C)C. The van der Waals surface area contributed by atoms with Crippen molar-refractivity contribution < 1.29 is 0 Å². The van der Waals surface area contributed by atoms with Crippen LogP contribution in [-0.2, 0) is 0 Å². The van der Waals surface area contributed by atoms with Crippen molar-refractivity contribution in [2.24, 2.45) is 5.41 Å². The van der Waals surface area contributed by atoms with Gasteiger partial charge in [0.25, 0.3) is 0 Å². The molecule has 0 aliphatic carbocycles. The molecule has 0 radical (unpaired) electrons. The molecule has 1 aliphatic rings. The Hall–Kier alpha value is -1.32. The second-order valence-electron chi connectivity index (χ2n) is 6.80. The Bertz CT molecular complexity index is 444. The second kappa shape index (κ2) is 5.98. The molecule has 0 amide bonds. The van der Waals surface area contributed by atoms with E-state index in [0.717, 1.165) is 31.3 Å². The van der Waals surface area contributed by atoms with E-state index in [1.54, 1.807) is 6.33 Å². The molecule has 2 rings (SSSR count). The van der Waals surface area contributed by atoms with Crippen molar-refractivity contribution in [2.45, 2.75) is 53.4 Å². The van der Waals surface area contributed by atoms with Crippen LogP contribution < -0.4 is 10.2 Å². The Morgan fingerprint density at radius 3 is 2.45 bits per heavy atom. The second-order valence-corrected chi connectivity index (χ2v) is 6.80. The van der Waals surface area contributed by atoms with Crippen LogP contribution in [0, 0.1) is 5.41 Å². The first-order chi connectivity index (χ1) is 9.44. The van der Waals surface area contributed by atoms with E-state index in [9.17, 15) is 0 Å². The smallest absolute Gasteiger partial charge is 0.137 e. The average Bonchev–Trinajstić information content (AvgIpc) is 2.38. The van der Waals surface area contributed by atoms with Gasteiger partial charge in [0.15, 0.2) is 0 Å². The zero-order valence-electron chi connectivity index (χ0n) is 13.5. The first kappa shape index (κ1) is 15.1. The maximum atomic E-state index is 4.59. The zero-order chi connectivity index (χ0) is 14.8. The van der Waals surface area contributed by atoms with Gasteiger partial charge in [-0.3, -0.25) is 0 Å². The fourth-order valence-electron chi connectivity index (χ4n) is 2.80. The molecule has 0 atom stereocenters. The average molecular weight is 276 g/mol. The lowest BCUT2D eigenvalue weighted by Crippen LogP contribution is -2.38. The lowest BCUT2D eigenvalue weighted by Gasteiger charge is -2.38. The Morgan fingerprint density at radius 1 is 1.25 bits per heavy atom. The highest BCUT2D eigenvalue weighted by atomic mass is 15.2. The lowest BCUT2D eigenvalue weighted by molar-refractivity contribution is 0.279. The fourth-order valence-corrected chi connectivity index (χ4v) is 2.80. The summed E-state index contributed by atoms with van der Waals surface area (Å²) in [6.45, 7) is 14.3. The van der Waals surface area contributed by atoms with Crippen LogP contribution in [0.3, 0.4) is 0 Å². The first-order valence-electron chi connectivity index (χ1n) is 7.78. The van der Waals surface area contributed by atoms with Crippen LogP contribution in [0.1, 0.15) is 58.9 Å². The number of piperidine rings is 1. The van der Waals surface area contributed by atoms with Crippen molar-refractivity contribution in [3.8, 4) is 0 Å². The number of nitrogens with one attached hydrogen (secondary N) is 1. The highest BCUT2D eigenvalue weighted by molar-refractivity contribution is 5.60. The molecule has 2 heterocycles. The minimum Gasteiger partial charge on any atom is -0.370 e. The summed E-state index contributed by atoms with van der Waals surface area (Å²) >= 11 is 0. The van der Waals surface area contributed by atoms with E-state index in [0.29, 0.717) is 11.3 Å². The normalized spacial score (nSPS) is 18.4. The summed E-state index contributed by atoms with van der Waals surface area (Å²) in [6.07, 6.45) is 4.15. The Morgan fingerprint density at radius 2 is 1.90 bits per heavy atom. The summed E-state index contributed by atoms with van der Waals surface area (Å²) in [4.78, 5) is 11.4. The predicted octanol–water partition coefficient (Wildman–Crippen LogP) is 3.66. The molecule has 1 aliphatic heterocycles. The van der Waals surface area contributed by atoms with Gasteiger partial charge >= 0.3 is 0 Å². The van der Waals surface area contributed by atoms with Gasteiger partial charge in [0.05, 0.1) is 0 Å². The third-order valence-electron chi connectivity index (χ3n) is 4.20. The molecule has 1 saturated heterocycles. The zero-order valence-corrected chi connectivity index (χ0v) is 13.5. The van der Waals surface area contributed by atoms with Crippen molar-refractivity contribution in [1.82, 2.24) is 9.97 Å². The van der Waals surface area contributed by atoms with E-state index >= 15 is 0 Å². The largest absolute Gasteiger partial charge is 0.370 e. The van der Waals surface area contributed by atoms with Crippen LogP contribution in [-0.4, -0.2) is 29.6 Å². The third-order valence-corrected chi connectivity index (χ3v) is 4.20. The number of aromatic nitrogens is 2. The molecule has 4 nitrogen and oxygen atoms in total. The molecule has 1 N–H and O–H groups in total. The van der Waals surface area contributed by atoms with Crippen LogP contribution >= 0.6 is 0 Å². The molecule has 1 fully saturated rings. The maximum Gasteiger partial charge on any atom is 0.137 e. The van der Waals surface area contributed by atoms with E-state index in [4.69, 9.17) is 0 Å². The lowest BCUT2D eigenvalue weighted by atomic mass is 9.82. The van der Waals surface area contributed by atoms with Crippen molar-refractivity contribution in [3.05, 3.63) is 11.9 Å². The van der Waals surface area contributed by atoms with Gasteiger partial charge in [-0.05, 0) is 31.1 Å². The topological polar surface area (TPSA) is 41.1 Å². The van der Waals surface area contributed by atoms with Crippen LogP contribution in [0.25, 0.3) is 0 Å². The molecule has 0 aromatic carbocycles. The highest BCUT2D eigenvalue weighted by Gasteiger charge is 2.28. The number of hydrogen-bond donors (Lipinski definition) is 1. The van der Waals surface area contributed by atoms with E-state index in [2.05, 4.69) is 54.8 Å². The standard InChI is InChI=1S/C16H28N4/c1-6-17-14-13(12(2)3)15(19-11-18-14)20-9-7-16(4,5)8-10-20/h11-12H,6-10H2,1-5H3,(H,17,18,19). The van der Waals surface area contributed by atoms with Crippen LogP contribution in [0.2, 0.25) is 0 Å². The van der Waals surface area contributed by atoms with Gasteiger partial charge in [0.1, 0.15) is 18.0 Å². The minimum atomic E-state index is 0.426. The van der Waals surface area contributed by atoms with E-state index in [1.165, 1.54) is 18.4 Å². The molecular weight excluding hydrogens is 248 g/mol. The van der Waals surface area contributed by atoms with Gasteiger partial charge in [-0.15, -0.1) is 0 Å². The maximum absolute atomic E-state index is 4.59. The fraction of sp³-hybridized carbons (Fsp3) is 0.750. The first-order valence-corrected chi connectivity index (χ1v) is 7.78. The molecule has 0 saturated carbocycles.